The number of halogens is 1. The van der Waals surface area contributed by atoms with Crippen LogP contribution in [-0.4, -0.2) is 16.1 Å². The summed E-state index contributed by atoms with van der Waals surface area (Å²) in [6.45, 7) is 0. The number of carbonyl (C=O) groups excluding carboxylic acids is 1. The first-order chi connectivity index (χ1) is 10.7. The highest BCUT2D eigenvalue weighted by atomic mass is 19.1. The van der Waals surface area contributed by atoms with Crippen LogP contribution in [0.15, 0.2) is 66.7 Å². The van der Waals surface area contributed by atoms with Gasteiger partial charge in [0.15, 0.2) is 5.69 Å². The molecule has 22 heavy (non-hydrogen) atoms. The van der Waals surface area contributed by atoms with Crippen molar-refractivity contribution in [2.24, 2.45) is 0 Å². The van der Waals surface area contributed by atoms with Gasteiger partial charge in [-0.25, -0.2) is 4.39 Å². The number of hydrogen-bond acceptors (Lipinski definition) is 3. The molecule has 0 aliphatic rings. The predicted octanol–water partition coefficient (Wildman–Crippen LogP) is 3.54. The lowest BCUT2D eigenvalue weighted by molar-refractivity contribution is 0.102. The molecule has 0 saturated heterocycles. The molecule has 3 aromatic rings. The van der Waals surface area contributed by atoms with Crippen molar-refractivity contribution in [1.29, 1.82) is 0 Å². The van der Waals surface area contributed by atoms with E-state index in [1.54, 1.807) is 24.3 Å². The number of hydrogen-bond donors (Lipinski definition) is 1. The van der Waals surface area contributed by atoms with E-state index in [0.29, 0.717) is 5.69 Å². The van der Waals surface area contributed by atoms with E-state index >= 15 is 0 Å². The van der Waals surface area contributed by atoms with Gasteiger partial charge in [-0.2, -0.15) is 0 Å². The molecule has 0 bridgehead atoms. The van der Waals surface area contributed by atoms with Crippen molar-refractivity contribution in [2.75, 3.05) is 5.32 Å². The van der Waals surface area contributed by atoms with Crippen LogP contribution in [0, 0.1) is 5.82 Å². The number of amides is 1. The Hall–Kier alpha value is -3.08. The molecule has 2 aromatic carbocycles. The summed E-state index contributed by atoms with van der Waals surface area (Å²) in [6.07, 6.45) is 0. The van der Waals surface area contributed by atoms with Gasteiger partial charge >= 0.3 is 0 Å². The third kappa shape index (κ3) is 2.98. The van der Waals surface area contributed by atoms with Gasteiger partial charge in [0.25, 0.3) is 5.91 Å². The van der Waals surface area contributed by atoms with E-state index in [4.69, 9.17) is 0 Å². The summed E-state index contributed by atoms with van der Waals surface area (Å²) in [5.41, 5.74) is 1.82. The molecule has 5 heteroatoms. The number of nitrogens with one attached hydrogen (secondary N) is 1. The lowest BCUT2D eigenvalue weighted by Crippen LogP contribution is -2.15. The number of aromatic nitrogens is 2. The van der Waals surface area contributed by atoms with E-state index in [9.17, 15) is 9.18 Å². The van der Waals surface area contributed by atoms with Gasteiger partial charge in [0.2, 0.25) is 0 Å². The molecular weight excluding hydrogens is 281 g/mol. The lowest BCUT2D eigenvalue weighted by atomic mass is 10.1. The maximum absolute atomic E-state index is 13.5. The number of nitrogens with zero attached hydrogens (tertiary/aromatic N) is 2. The minimum absolute atomic E-state index is 0.112. The minimum Gasteiger partial charge on any atom is -0.318 e. The molecule has 0 atom stereocenters. The smallest absolute Gasteiger partial charge is 0.276 e. The first-order valence-corrected chi connectivity index (χ1v) is 6.69. The van der Waals surface area contributed by atoms with Gasteiger partial charge in [-0.3, -0.25) is 4.79 Å². The summed E-state index contributed by atoms with van der Waals surface area (Å²) in [5, 5.41) is 10.4. The van der Waals surface area contributed by atoms with Crippen LogP contribution in [-0.2, 0) is 0 Å². The van der Waals surface area contributed by atoms with Crippen LogP contribution < -0.4 is 5.32 Å². The van der Waals surface area contributed by atoms with Gasteiger partial charge in [-0.05, 0) is 24.3 Å². The highest BCUT2D eigenvalue weighted by molar-refractivity contribution is 6.02. The predicted molar refractivity (Wildman–Crippen MR) is 81.8 cm³/mol. The second-order valence-electron chi connectivity index (χ2n) is 4.60. The van der Waals surface area contributed by atoms with Gasteiger partial charge in [0, 0.05) is 5.56 Å². The van der Waals surface area contributed by atoms with Crippen molar-refractivity contribution >= 4 is 11.6 Å². The van der Waals surface area contributed by atoms with Crippen molar-refractivity contribution in [2.45, 2.75) is 0 Å². The number of anilines is 1. The van der Waals surface area contributed by atoms with Crippen molar-refractivity contribution < 1.29 is 9.18 Å². The van der Waals surface area contributed by atoms with E-state index in [0.717, 1.165) is 5.56 Å². The normalized spacial score (nSPS) is 10.2. The fourth-order valence-electron chi connectivity index (χ4n) is 1.97. The minimum atomic E-state index is -0.503. The quantitative estimate of drug-likeness (QED) is 0.803. The van der Waals surface area contributed by atoms with Crippen LogP contribution in [0.3, 0.4) is 0 Å². The standard InChI is InChI=1S/C17H12FN3O/c18-13-8-4-5-9-15(13)19-17(22)16-11-10-14(20-21-16)12-6-2-1-3-7-12/h1-11H,(H,19,22). The van der Waals surface area contributed by atoms with Crippen LogP contribution in [0.1, 0.15) is 10.5 Å². The summed E-state index contributed by atoms with van der Waals surface area (Å²) in [6, 6.07) is 18.7. The molecule has 1 heterocycles. The second-order valence-corrected chi connectivity index (χ2v) is 4.60. The van der Waals surface area contributed by atoms with Crippen LogP contribution in [0.4, 0.5) is 10.1 Å². The van der Waals surface area contributed by atoms with Gasteiger partial charge in [0.1, 0.15) is 5.82 Å². The largest absolute Gasteiger partial charge is 0.318 e. The Balaban J connectivity index is 1.78. The number of para-hydroxylation sites is 1. The molecule has 0 unspecified atom stereocenters. The fourth-order valence-corrected chi connectivity index (χ4v) is 1.97. The third-order valence-corrected chi connectivity index (χ3v) is 3.09. The fraction of sp³-hybridized carbons (Fsp3) is 0. The SMILES string of the molecule is O=C(Nc1ccccc1F)c1ccc(-c2ccccc2)nn1. The maximum atomic E-state index is 13.5. The van der Waals surface area contributed by atoms with E-state index in [1.807, 2.05) is 30.3 Å². The van der Waals surface area contributed by atoms with E-state index < -0.39 is 11.7 Å². The molecule has 3 rings (SSSR count). The Bertz CT molecular complexity index is 789. The Labute approximate surface area is 126 Å². The van der Waals surface area contributed by atoms with E-state index in [2.05, 4.69) is 15.5 Å². The molecule has 0 aliphatic carbocycles. The molecule has 0 spiro atoms. The zero-order chi connectivity index (χ0) is 15.4. The molecule has 1 aromatic heterocycles. The van der Waals surface area contributed by atoms with E-state index in [1.165, 1.54) is 12.1 Å². The van der Waals surface area contributed by atoms with Crippen molar-refractivity contribution in [3.63, 3.8) is 0 Å². The molecule has 0 fully saturated rings. The molecule has 108 valence electrons. The molecule has 0 saturated carbocycles. The van der Waals surface area contributed by atoms with Gasteiger partial charge < -0.3 is 5.32 Å². The summed E-state index contributed by atoms with van der Waals surface area (Å²) in [7, 11) is 0. The van der Waals surface area contributed by atoms with Gasteiger partial charge in [0.05, 0.1) is 11.4 Å². The number of rotatable bonds is 3. The van der Waals surface area contributed by atoms with Gasteiger partial charge in [-0.1, -0.05) is 42.5 Å². The third-order valence-electron chi connectivity index (χ3n) is 3.09. The summed E-state index contributed by atoms with van der Waals surface area (Å²) < 4.78 is 13.5. The molecule has 4 nitrogen and oxygen atoms in total. The van der Waals surface area contributed by atoms with Crippen LogP contribution >= 0.6 is 0 Å². The monoisotopic (exact) mass is 293 g/mol. The molecular formula is C17H12FN3O. The zero-order valence-electron chi connectivity index (χ0n) is 11.5. The highest BCUT2D eigenvalue weighted by Crippen LogP contribution is 2.16. The Morgan fingerprint density at radius 2 is 1.59 bits per heavy atom. The average Bonchev–Trinajstić information content (AvgIpc) is 2.58. The highest BCUT2D eigenvalue weighted by Gasteiger charge is 2.11. The Morgan fingerprint density at radius 3 is 2.27 bits per heavy atom. The van der Waals surface area contributed by atoms with Crippen molar-refractivity contribution in [1.82, 2.24) is 10.2 Å². The summed E-state index contributed by atoms with van der Waals surface area (Å²) >= 11 is 0. The van der Waals surface area contributed by atoms with Crippen LogP contribution in [0.5, 0.6) is 0 Å². The van der Waals surface area contributed by atoms with E-state index in [-0.39, 0.29) is 11.4 Å². The van der Waals surface area contributed by atoms with Crippen molar-refractivity contribution in [3.8, 4) is 11.3 Å². The maximum Gasteiger partial charge on any atom is 0.276 e. The average molecular weight is 293 g/mol. The molecule has 1 amide bonds. The summed E-state index contributed by atoms with van der Waals surface area (Å²) in [4.78, 5) is 12.0. The first-order valence-electron chi connectivity index (χ1n) is 6.69. The molecule has 0 radical (unpaired) electrons. The topological polar surface area (TPSA) is 54.9 Å². The lowest BCUT2D eigenvalue weighted by Gasteiger charge is -2.05. The van der Waals surface area contributed by atoms with Crippen LogP contribution in [0.25, 0.3) is 11.3 Å². The number of benzene rings is 2. The van der Waals surface area contributed by atoms with Crippen LogP contribution in [0.2, 0.25) is 0 Å². The Morgan fingerprint density at radius 1 is 0.864 bits per heavy atom. The molecule has 1 N–H and O–H groups in total. The Kier molecular flexibility index (Phi) is 3.87. The van der Waals surface area contributed by atoms with Gasteiger partial charge in [-0.15, -0.1) is 10.2 Å². The van der Waals surface area contributed by atoms with Crippen molar-refractivity contribution in [3.05, 3.63) is 78.2 Å². The second kappa shape index (κ2) is 6.13. The summed E-state index contributed by atoms with van der Waals surface area (Å²) in [5.74, 6) is -0.998. The first kappa shape index (κ1) is 13.9. The molecule has 0 aliphatic heterocycles. The zero-order valence-corrected chi connectivity index (χ0v) is 11.5. The number of carbonyl (C=O) groups is 1.